The van der Waals surface area contributed by atoms with E-state index in [1.165, 1.54) is 0 Å². The van der Waals surface area contributed by atoms with Crippen LogP contribution in [0.25, 0.3) is 0 Å². The number of anilines is 1. The first-order valence-electron chi connectivity index (χ1n) is 8.83. The number of Topliss-reactive ketones (excluding diaryl/α,β-unsaturated/α-hetero) is 1. The molecule has 3 aromatic rings. The first-order chi connectivity index (χ1) is 13.0. The first-order valence-corrected chi connectivity index (χ1v) is 8.83. The second-order valence-corrected chi connectivity index (χ2v) is 6.51. The van der Waals surface area contributed by atoms with E-state index < -0.39 is 6.17 Å². The zero-order valence-electron chi connectivity index (χ0n) is 15.4. The summed E-state index contributed by atoms with van der Waals surface area (Å²) in [5.41, 5.74) is 4.00. The van der Waals surface area contributed by atoms with E-state index >= 15 is 0 Å². The molecular formula is C23H22N2O2. The summed E-state index contributed by atoms with van der Waals surface area (Å²) in [6, 6.07) is 23.9. The molecule has 0 saturated heterocycles. The van der Waals surface area contributed by atoms with Crippen LogP contribution in [0.4, 0.5) is 5.69 Å². The fourth-order valence-corrected chi connectivity index (χ4v) is 2.67. The summed E-state index contributed by atoms with van der Waals surface area (Å²) in [4.78, 5) is 25.6. The zero-order chi connectivity index (χ0) is 19.2. The molecule has 0 aliphatic heterocycles. The molecule has 0 heterocycles. The van der Waals surface area contributed by atoms with Crippen LogP contribution in [-0.4, -0.2) is 17.9 Å². The summed E-state index contributed by atoms with van der Waals surface area (Å²) in [5.74, 6) is -0.500. The van der Waals surface area contributed by atoms with Crippen molar-refractivity contribution >= 4 is 17.4 Å². The van der Waals surface area contributed by atoms with Gasteiger partial charge in [0.15, 0.2) is 6.17 Å². The monoisotopic (exact) mass is 358 g/mol. The summed E-state index contributed by atoms with van der Waals surface area (Å²) >= 11 is 0. The molecule has 0 spiro atoms. The van der Waals surface area contributed by atoms with E-state index in [0.29, 0.717) is 11.1 Å². The van der Waals surface area contributed by atoms with Gasteiger partial charge in [-0.05, 0) is 38.1 Å². The Bertz CT molecular complexity index is 917. The molecule has 27 heavy (non-hydrogen) atoms. The van der Waals surface area contributed by atoms with Crippen molar-refractivity contribution in [1.29, 1.82) is 0 Å². The molecule has 2 N–H and O–H groups in total. The van der Waals surface area contributed by atoms with E-state index in [9.17, 15) is 9.59 Å². The Labute approximate surface area is 159 Å². The molecule has 1 unspecified atom stereocenters. The number of benzene rings is 3. The normalized spacial score (nSPS) is 11.5. The molecule has 1 amide bonds. The van der Waals surface area contributed by atoms with Crippen LogP contribution in [0.15, 0.2) is 78.9 Å². The van der Waals surface area contributed by atoms with E-state index in [4.69, 9.17) is 0 Å². The van der Waals surface area contributed by atoms with Crippen LogP contribution in [0.2, 0.25) is 0 Å². The van der Waals surface area contributed by atoms with Crippen LogP contribution in [0, 0.1) is 13.8 Å². The van der Waals surface area contributed by atoms with Crippen LogP contribution < -0.4 is 10.6 Å². The van der Waals surface area contributed by atoms with Crippen LogP contribution >= 0.6 is 0 Å². The minimum absolute atomic E-state index is 0.198. The quantitative estimate of drug-likeness (QED) is 0.509. The molecule has 0 aliphatic rings. The highest BCUT2D eigenvalue weighted by molar-refractivity contribution is 6.05. The fraction of sp³-hybridized carbons (Fsp3) is 0.130. The number of carbonyl (C=O) groups is 2. The minimum Gasteiger partial charge on any atom is -0.359 e. The maximum absolute atomic E-state index is 13.0. The zero-order valence-corrected chi connectivity index (χ0v) is 15.4. The van der Waals surface area contributed by atoms with Crippen molar-refractivity contribution < 1.29 is 9.59 Å². The topological polar surface area (TPSA) is 58.2 Å². The number of carbonyl (C=O) groups excluding carboxylic acids is 2. The lowest BCUT2D eigenvalue weighted by molar-refractivity contribution is 0.0869. The second kappa shape index (κ2) is 8.32. The fourth-order valence-electron chi connectivity index (χ4n) is 2.67. The highest BCUT2D eigenvalue weighted by Crippen LogP contribution is 2.13. The number of nitrogens with one attached hydrogen (secondary N) is 2. The van der Waals surface area contributed by atoms with Gasteiger partial charge in [-0.2, -0.15) is 0 Å². The van der Waals surface area contributed by atoms with Crippen molar-refractivity contribution in [2.75, 3.05) is 5.32 Å². The predicted octanol–water partition coefficient (Wildman–Crippen LogP) is 4.35. The first kappa shape index (κ1) is 18.4. The third-order valence-electron chi connectivity index (χ3n) is 4.27. The highest BCUT2D eigenvalue weighted by Gasteiger charge is 2.22. The standard InChI is InChI=1S/C23H22N2O2/c1-16-8-12-19(13-9-16)23(27)25-22(21(26)18-6-4-3-5-7-18)24-20-14-10-17(2)11-15-20/h3-15,22,24H,1-2H3,(H,25,27). The Morgan fingerprint density at radius 2 is 1.26 bits per heavy atom. The smallest absolute Gasteiger partial charge is 0.253 e. The Morgan fingerprint density at radius 3 is 1.85 bits per heavy atom. The molecule has 3 aromatic carbocycles. The van der Waals surface area contributed by atoms with Crippen molar-refractivity contribution in [1.82, 2.24) is 5.32 Å². The van der Waals surface area contributed by atoms with E-state index in [1.807, 2.05) is 56.3 Å². The Hall–Kier alpha value is -3.40. The van der Waals surface area contributed by atoms with Crippen LogP contribution in [0.3, 0.4) is 0 Å². The van der Waals surface area contributed by atoms with Gasteiger partial charge < -0.3 is 10.6 Å². The molecule has 0 radical (unpaired) electrons. The molecule has 4 heteroatoms. The van der Waals surface area contributed by atoms with Crippen molar-refractivity contribution in [2.45, 2.75) is 20.0 Å². The van der Waals surface area contributed by atoms with Gasteiger partial charge in [0.1, 0.15) is 0 Å². The largest absolute Gasteiger partial charge is 0.359 e. The molecule has 136 valence electrons. The Balaban J connectivity index is 1.84. The lowest BCUT2D eigenvalue weighted by Crippen LogP contribution is -2.46. The van der Waals surface area contributed by atoms with Crippen molar-refractivity contribution in [3.05, 3.63) is 101 Å². The van der Waals surface area contributed by atoms with Crippen molar-refractivity contribution in [3.8, 4) is 0 Å². The number of amides is 1. The van der Waals surface area contributed by atoms with Gasteiger partial charge in [0, 0.05) is 16.8 Å². The van der Waals surface area contributed by atoms with Gasteiger partial charge >= 0.3 is 0 Å². The summed E-state index contributed by atoms with van der Waals surface area (Å²) in [7, 11) is 0. The predicted molar refractivity (Wildman–Crippen MR) is 108 cm³/mol. The molecule has 3 rings (SSSR count). The molecule has 4 nitrogen and oxygen atoms in total. The van der Waals surface area contributed by atoms with E-state index in [0.717, 1.165) is 16.8 Å². The average Bonchev–Trinajstić information content (AvgIpc) is 2.69. The lowest BCUT2D eigenvalue weighted by Gasteiger charge is -2.20. The number of rotatable bonds is 6. The van der Waals surface area contributed by atoms with Crippen molar-refractivity contribution in [3.63, 3.8) is 0 Å². The van der Waals surface area contributed by atoms with Gasteiger partial charge in [0.05, 0.1) is 0 Å². The Morgan fingerprint density at radius 1 is 0.704 bits per heavy atom. The molecule has 0 bridgehead atoms. The average molecular weight is 358 g/mol. The molecular weight excluding hydrogens is 336 g/mol. The summed E-state index contributed by atoms with van der Waals surface area (Å²) in [6.07, 6.45) is -0.871. The van der Waals surface area contributed by atoms with Gasteiger partial charge in [-0.25, -0.2) is 0 Å². The molecule has 0 fully saturated rings. The number of ketones is 1. The highest BCUT2D eigenvalue weighted by atomic mass is 16.2. The van der Waals surface area contributed by atoms with Crippen LogP contribution in [0.1, 0.15) is 31.8 Å². The van der Waals surface area contributed by atoms with Gasteiger partial charge in [-0.3, -0.25) is 9.59 Å². The third kappa shape index (κ3) is 4.82. The van der Waals surface area contributed by atoms with Crippen LogP contribution in [0.5, 0.6) is 0 Å². The molecule has 1 atom stereocenters. The van der Waals surface area contributed by atoms with Gasteiger partial charge in [-0.15, -0.1) is 0 Å². The SMILES string of the molecule is Cc1ccc(NC(NC(=O)c2ccc(C)cc2)C(=O)c2ccccc2)cc1. The van der Waals surface area contributed by atoms with Crippen molar-refractivity contribution in [2.24, 2.45) is 0 Å². The second-order valence-electron chi connectivity index (χ2n) is 6.51. The van der Waals surface area contributed by atoms with Gasteiger partial charge in [0.2, 0.25) is 5.78 Å². The maximum atomic E-state index is 13.0. The third-order valence-corrected chi connectivity index (χ3v) is 4.27. The molecule has 0 aliphatic carbocycles. The summed E-state index contributed by atoms with van der Waals surface area (Å²) in [6.45, 7) is 3.96. The lowest BCUT2D eigenvalue weighted by atomic mass is 10.1. The van der Waals surface area contributed by atoms with E-state index in [-0.39, 0.29) is 11.7 Å². The van der Waals surface area contributed by atoms with Crippen LogP contribution in [-0.2, 0) is 0 Å². The molecule has 0 aromatic heterocycles. The van der Waals surface area contributed by atoms with E-state index in [1.54, 1.807) is 36.4 Å². The summed E-state index contributed by atoms with van der Waals surface area (Å²) in [5, 5.41) is 5.95. The van der Waals surface area contributed by atoms with Gasteiger partial charge in [-0.1, -0.05) is 65.7 Å². The van der Waals surface area contributed by atoms with Gasteiger partial charge in [0.25, 0.3) is 5.91 Å². The van der Waals surface area contributed by atoms with E-state index in [2.05, 4.69) is 10.6 Å². The maximum Gasteiger partial charge on any atom is 0.253 e. The summed E-state index contributed by atoms with van der Waals surface area (Å²) < 4.78 is 0. The Kier molecular flexibility index (Phi) is 5.67. The number of hydrogen-bond donors (Lipinski definition) is 2. The minimum atomic E-state index is -0.871. The number of aryl methyl sites for hydroxylation is 2. The molecule has 0 saturated carbocycles. The number of hydrogen-bond acceptors (Lipinski definition) is 3.